The molecule has 5 nitrogen and oxygen atoms in total. The highest BCUT2D eigenvalue weighted by molar-refractivity contribution is 6.00. The molecule has 2 aromatic rings. The van der Waals surface area contributed by atoms with Crippen LogP contribution in [0.5, 0.6) is 0 Å². The maximum Gasteiger partial charge on any atom is 0.258 e. The number of hydrogen-bond acceptors (Lipinski definition) is 3. The summed E-state index contributed by atoms with van der Waals surface area (Å²) in [6, 6.07) is 4.17. The van der Waals surface area contributed by atoms with E-state index in [9.17, 15) is 9.90 Å². The Balaban J connectivity index is 1.91. The topological polar surface area (TPSA) is 57.8 Å². The van der Waals surface area contributed by atoms with E-state index in [4.69, 9.17) is 0 Å². The lowest BCUT2D eigenvalue weighted by Gasteiger charge is -2.33. The molecule has 0 saturated heterocycles. The van der Waals surface area contributed by atoms with Gasteiger partial charge >= 0.3 is 0 Å². The molecule has 1 aliphatic rings. The molecule has 0 radical (unpaired) electrons. The number of aryl methyl sites for hydroxylation is 1. The van der Waals surface area contributed by atoms with Crippen molar-refractivity contribution in [2.75, 3.05) is 13.2 Å². The summed E-state index contributed by atoms with van der Waals surface area (Å²) in [5.74, 6) is -0.0141. The van der Waals surface area contributed by atoms with Crippen LogP contribution in [0.1, 0.15) is 48.0 Å². The van der Waals surface area contributed by atoms with Gasteiger partial charge in [0.25, 0.3) is 5.91 Å². The lowest BCUT2D eigenvalue weighted by molar-refractivity contribution is 0.0587. The summed E-state index contributed by atoms with van der Waals surface area (Å²) in [6.45, 7) is 2.40. The van der Waals surface area contributed by atoms with Crippen LogP contribution in [0.25, 0.3) is 5.52 Å². The van der Waals surface area contributed by atoms with E-state index in [0.717, 1.165) is 36.8 Å². The average molecular weight is 301 g/mol. The molecule has 1 saturated carbocycles. The number of carbonyl (C=O) groups is 1. The SMILES string of the molecule is Cc1ccc2c(C(=O)N(CCO)C3CCCCC3)cnn2c1. The van der Waals surface area contributed by atoms with E-state index < -0.39 is 0 Å². The van der Waals surface area contributed by atoms with E-state index in [1.807, 2.05) is 30.2 Å². The third-order valence-corrected chi connectivity index (χ3v) is 4.51. The number of fused-ring (bicyclic) bond motifs is 1. The smallest absolute Gasteiger partial charge is 0.258 e. The molecule has 2 heterocycles. The van der Waals surface area contributed by atoms with Gasteiger partial charge in [-0.1, -0.05) is 25.3 Å². The highest BCUT2D eigenvalue weighted by Crippen LogP contribution is 2.25. The van der Waals surface area contributed by atoms with Gasteiger partial charge in [0, 0.05) is 18.8 Å². The van der Waals surface area contributed by atoms with Gasteiger partial charge in [0.1, 0.15) is 0 Å². The van der Waals surface area contributed by atoms with Crippen molar-refractivity contribution in [1.29, 1.82) is 0 Å². The van der Waals surface area contributed by atoms with Crippen LogP contribution >= 0.6 is 0 Å². The number of aromatic nitrogens is 2. The Morgan fingerprint density at radius 2 is 2.14 bits per heavy atom. The molecule has 22 heavy (non-hydrogen) atoms. The van der Waals surface area contributed by atoms with Gasteiger partial charge in [0.15, 0.2) is 0 Å². The minimum absolute atomic E-state index is 0.000556. The molecule has 118 valence electrons. The average Bonchev–Trinajstić information content (AvgIpc) is 2.95. The standard InChI is InChI=1S/C17H23N3O2/c1-13-7-8-16-15(11-18-20(16)12-13)17(22)19(9-10-21)14-5-3-2-4-6-14/h7-8,11-12,14,21H,2-6,9-10H2,1H3. The Morgan fingerprint density at radius 1 is 1.36 bits per heavy atom. The van der Waals surface area contributed by atoms with Crippen molar-refractivity contribution < 1.29 is 9.90 Å². The summed E-state index contributed by atoms with van der Waals surface area (Å²) in [5.41, 5.74) is 2.56. The Labute approximate surface area is 130 Å². The zero-order chi connectivity index (χ0) is 15.5. The second kappa shape index (κ2) is 6.48. The Hall–Kier alpha value is -1.88. The highest BCUT2D eigenvalue weighted by Gasteiger charge is 2.27. The summed E-state index contributed by atoms with van der Waals surface area (Å²) in [7, 11) is 0. The molecule has 1 fully saturated rings. The molecule has 0 aliphatic heterocycles. The van der Waals surface area contributed by atoms with Gasteiger partial charge in [-0.2, -0.15) is 5.10 Å². The summed E-state index contributed by atoms with van der Waals surface area (Å²) in [4.78, 5) is 14.8. The number of amides is 1. The van der Waals surface area contributed by atoms with Crippen molar-refractivity contribution in [1.82, 2.24) is 14.5 Å². The fourth-order valence-corrected chi connectivity index (χ4v) is 3.36. The van der Waals surface area contributed by atoms with Crippen LogP contribution in [-0.4, -0.2) is 44.7 Å². The molecule has 0 bridgehead atoms. The van der Waals surface area contributed by atoms with Crippen LogP contribution in [-0.2, 0) is 0 Å². The minimum atomic E-state index is -0.0141. The van der Waals surface area contributed by atoms with Crippen molar-refractivity contribution in [2.45, 2.75) is 45.1 Å². The van der Waals surface area contributed by atoms with Crippen LogP contribution < -0.4 is 0 Å². The van der Waals surface area contributed by atoms with E-state index in [1.165, 1.54) is 6.42 Å². The fraction of sp³-hybridized carbons (Fsp3) is 0.529. The van der Waals surface area contributed by atoms with Crippen molar-refractivity contribution in [3.8, 4) is 0 Å². The van der Waals surface area contributed by atoms with Crippen LogP contribution in [0.3, 0.4) is 0 Å². The quantitative estimate of drug-likeness (QED) is 0.943. The molecule has 3 rings (SSSR count). The number of aliphatic hydroxyl groups excluding tert-OH is 1. The summed E-state index contributed by atoms with van der Waals surface area (Å²) < 4.78 is 1.75. The normalized spacial score (nSPS) is 16.1. The molecule has 0 atom stereocenters. The van der Waals surface area contributed by atoms with Gasteiger partial charge in [-0.25, -0.2) is 4.52 Å². The van der Waals surface area contributed by atoms with E-state index in [1.54, 1.807) is 10.7 Å². The zero-order valence-electron chi connectivity index (χ0n) is 13.0. The molecule has 1 N–H and O–H groups in total. The molecule has 2 aromatic heterocycles. The number of pyridine rings is 1. The lowest BCUT2D eigenvalue weighted by Crippen LogP contribution is -2.43. The first-order valence-corrected chi connectivity index (χ1v) is 8.06. The van der Waals surface area contributed by atoms with Crippen molar-refractivity contribution in [3.63, 3.8) is 0 Å². The number of nitrogens with zero attached hydrogens (tertiary/aromatic N) is 3. The number of aliphatic hydroxyl groups is 1. The van der Waals surface area contributed by atoms with Crippen LogP contribution in [0, 0.1) is 6.92 Å². The third-order valence-electron chi connectivity index (χ3n) is 4.51. The van der Waals surface area contributed by atoms with Crippen molar-refractivity contribution in [2.24, 2.45) is 0 Å². The summed E-state index contributed by atoms with van der Waals surface area (Å²) in [5, 5.41) is 13.6. The monoisotopic (exact) mass is 301 g/mol. The fourth-order valence-electron chi connectivity index (χ4n) is 3.36. The zero-order valence-corrected chi connectivity index (χ0v) is 13.0. The molecule has 5 heteroatoms. The molecule has 0 unspecified atom stereocenters. The second-order valence-electron chi connectivity index (χ2n) is 6.11. The number of rotatable bonds is 4. The van der Waals surface area contributed by atoms with Gasteiger partial charge in [-0.15, -0.1) is 0 Å². The molecular weight excluding hydrogens is 278 g/mol. The molecule has 0 spiro atoms. The lowest BCUT2D eigenvalue weighted by atomic mass is 9.93. The van der Waals surface area contributed by atoms with E-state index in [0.29, 0.717) is 12.1 Å². The molecule has 1 amide bonds. The second-order valence-corrected chi connectivity index (χ2v) is 6.11. The first kappa shape index (κ1) is 15.0. The van der Waals surface area contributed by atoms with Crippen LogP contribution in [0.15, 0.2) is 24.5 Å². The maximum atomic E-state index is 13.0. The minimum Gasteiger partial charge on any atom is -0.395 e. The highest BCUT2D eigenvalue weighted by atomic mass is 16.3. The molecule has 0 aromatic carbocycles. The Kier molecular flexibility index (Phi) is 4.43. The van der Waals surface area contributed by atoms with E-state index in [-0.39, 0.29) is 18.6 Å². The summed E-state index contributed by atoms with van der Waals surface area (Å²) >= 11 is 0. The predicted octanol–water partition coefficient (Wildman–Crippen LogP) is 2.41. The molecular formula is C17H23N3O2. The first-order chi connectivity index (χ1) is 10.7. The molecule has 1 aliphatic carbocycles. The first-order valence-electron chi connectivity index (χ1n) is 8.06. The van der Waals surface area contributed by atoms with Crippen molar-refractivity contribution >= 4 is 11.4 Å². The summed E-state index contributed by atoms with van der Waals surface area (Å²) in [6.07, 6.45) is 9.19. The van der Waals surface area contributed by atoms with Gasteiger partial charge in [0.05, 0.1) is 23.9 Å². The number of carbonyl (C=O) groups excluding carboxylic acids is 1. The van der Waals surface area contributed by atoms with Crippen molar-refractivity contribution in [3.05, 3.63) is 35.7 Å². The van der Waals surface area contributed by atoms with Gasteiger partial charge in [-0.3, -0.25) is 4.79 Å². The maximum absolute atomic E-state index is 13.0. The largest absolute Gasteiger partial charge is 0.395 e. The van der Waals surface area contributed by atoms with E-state index >= 15 is 0 Å². The van der Waals surface area contributed by atoms with E-state index in [2.05, 4.69) is 5.10 Å². The predicted molar refractivity (Wildman–Crippen MR) is 84.9 cm³/mol. The Bertz CT molecular complexity index is 659. The van der Waals surface area contributed by atoms with Gasteiger partial charge < -0.3 is 10.0 Å². The van der Waals surface area contributed by atoms with Crippen LogP contribution in [0.4, 0.5) is 0 Å². The van der Waals surface area contributed by atoms with Crippen LogP contribution in [0.2, 0.25) is 0 Å². The Morgan fingerprint density at radius 3 is 2.86 bits per heavy atom. The van der Waals surface area contributed by atoms with Gasteiger partial charge in [-0.05, 0) is 31.4 Å². The number of hydrogen-bond donors (Lipinski definition) is 1. The van der Waals surface area contributed by atoms with Gasteiger partial charge in [0.2, 0.25) is 0 Å². The third kappa shape index (κ3) is 2.86.